The van der Waals surface area contributed by atoms with Crippen LogP contribution in [0, 0.1) is 6.92 Å². The Bertz CT molecular complexity index is 784. The van der Waals surface area contributed by atoms with Crippen LogP contribution in [0.25, 0.3) is 10.9 Å². The van der Waals surface area contributed by atoms with Crippen LogP contribution < -0.4 is 4.74 Å². The third-order valence-corrected chi connectivity index (χ3v) is 4.18. The van der Waals surface area contributed by atoms with Crippen LogP contribution in [-0.2, 0) is 13.7 Å². The fraction of sp³-hybridized carbons (Fsp3) is 0.300. The highest BCUT2D eigenvalue weighted by molar-refractivity contribution is 5.86. The van der Waals surface area contributed by atoms with Crippen molar-refractivity contribution in [1.29, 1.82) is 0 Å². The number of aryl methyl sites for hydroxylation is 2. The lowest BCUT2D eigenvalue weighted by Gasteiger charge is -2.11. The number of nitrogens with zero attached hydrogens (tertiary/aromatic N) is 1. The lowest BCUT2D eigenvalue weighted by molar-refractivity contribution is 0.304. The topological polar surface area (TPSA) is 14.2 Å². The zero-order chi connectivity index (χ0) is 15.7. The summed E-state index contributed by atoms with van der Waals surface area (Å²) in [4.78, 5) is 0. The first kappa shape index (κ1) is 14.7. The minimum absolute atomic E-state index is 0.508. The average Bonchev–Trinajstić information content (AvgIpc) is 2.83. The van der Waals surface area contributed by atoms with E-state index >= 15 is 0 Å². The van der Waals surface area contributed by atoms with E-state index in [4.69, 9.17) is 4.74 Å². The fourth-order valence-electron chi connectivity index (χ4n) is 2.89. The molecule has 0 aliphatic rings. The van der Waals surface area contributed by atoms with Crippen molar-refractivity contribution >= 4 is 10.9 Å². The second kappa shape index (κ2) is 5.88. The van der Waals surface area contributed by atoms with Gasteiger partial charge in [-0.2, -0.15) is 0 Å². The van der Waals surface area contributed by atoms with Gasteiger partial charge in [0.25, 0.3) is 0 Å². The van der Waals surface area contributed by atoms with Crippen molar-refractivity contribution in [2.75, 3.05) is 0 Å². The highest BCUT2D eigenvalue weighted by Crippen LogP contribution is 2.32. The maximum absolute atomic E-state index is 6.07. The van der Waals surface area contributed by atoms with Gasteiger partial charge in [0.1, 0.15) is 12.4 Å². The number of rotatable bonds is 4. The van der Waals surface area contributed by atoms with Crippen LogP contribution >= 0.6 is 0 Å². The van der Waals surface area contributed by atoms with Crippen molar-refractivity contribution in [3.05, 3.63) is 65.4 Å². The molecule has 114 valence electrons. The standard InChI is InChI=1S/C20H23NO/c1-14(2)18-12-21(4)19-10-15(3)20(11-17(18)19)22-13-16-8-6-5-7-9-16/h5-12,14H,13H2,1-4H3. The molecule has 0 fully saturated rings. The van der Waals surface area contributed by atoms with E-state index in [9.17, 15) is 0 Å². The van der Waals surface area contributed by atoms with E-state index in [1.807, 2.05) is 18.2 Å². The van der Waals surface area contributed by atoms with Gasteiger partial charge in [-0.15, -0.1) is 0 Å². The van der Waals surface area contributed by atoms with Gasteiger partial charge in [0.05, 0.1) is 0 Å². The summed E-state index contributed by atoms with van der Waals surface area (Å²) in [6, 6.07) is 14.7. The summed E-state index contributed by atoms with van der Waals surface area (Å²) in [6.07, 6.45) is 2.23. The van der Waals surface area contributed by atoms with Gasteiger partial charge in [-0.25, -0.2) is 0 Å². The molecular formula is C20H23NO. The molecular weight excluding hydrogens is 270 g/mol. The predicted octanol–water partition coefficient (Wildman–Crippen LogP) is 5.19. The van der Waals surface area contributed by atoms with Gasteiger partial charge in [0, 0.05) is 24.1 Å². The molecule has 2 heteroatoms. The average molecular weight is 293 g/mol. The first-order valence-corrected chi connectivity index (χ1v) is 7.82. The highest BCUT2D eigenvalue weighted by Gasteiger charge is 2.12. The molecule has 0 amide bonds. The molecule has 1 heterocycles. The molecule has 2 aromatic carbocycles. The van der Waals surface area contributed by atoms with Crippen molar-refractivity contribution in [3.8, 4) is 5.75 Å². The SMILES string of the molecule is Cc1cc2c(cc1OCc1ccccc1)c(C(C)C)cn2C. The molecule has 3 aromatic rings. The van der Waals surface area contributed by atoms with Gasteiger partial charge in [0.2, 0.25) is 0 Å². The van der Waals surface area contributed by atoms with Crippen LogP contribution in [0.4, 0.5) is 0 Å². The van der Waals surface area contributed by atoms with Crippen LogP contribution in [-0.4, -0.2) is 4.57 Å². The molecule has 0 saturated heterocycles. The normalized spacial score (nSPS) is 11.3. The number of fused-ring (bicyclic) bond motifs is 1. The quantitative estimate of drug-likeness (QED) is 0.645. The molecule has 0 N–H and O–H groups in total. The summed E-state index contributed by atoms with van der Waals surface area (Å²) in [5.41, 5.74) is 5.02. The second-order valence-electron chi connectivity index (χ2n) is 6.26. The highest BCUT2D eigenvalue weighted by atomic mass is 16.5. The summed E-state index contributed by atoms with van der Waals surface area (Å²) >= 11 is 0. The smallest absolute Gasteiger partial charge is 0.123 e. The zero-order valence-electron chi connectivity index (χ0n) is 13.8. The monoisotopic (exact) mass is 293 g/mol. The van der Waals surface area contributed by atoms with Crippen LogP contribution in [0.5, 0.6) is 5.75 Å². The Morgan fingerprint density at radius 2 is 1.82 bits per heavy atom. The molecule has 0 aliphatic heterocycles. The summed E-state index contributed by atoms with van der Waals surface area (Å²) in [7, 11) is 2.11. The number of benzene rings is 2. The van der Waals surface area contributed by atoms with Crippen molar-refractivity contribution in [2.24, 2.45) is 7.05 Å². The Hall–Kier alpha value is -2.22. The summed E-state index contributed by atoms with van der Waals surface area (Å²) < 4.78 is 8.27. The molecule has 0 unspecified atom stereocenters. The number of ether oxygens (including phenoxy) is 1. The largest absolute Gasteiger partial charge is 0.489 e. The molecule has 0 spiro atoms. The van der Waals surface area contributed by atoms with E-state index in [2.05, 4.69) is 62.8 Å². The molecule has 0 saturated carbocycles. The third-order valence-electron chi connectivity index (χ3n) is 4.18. The molecule has 2 nitrogen and oxygen atoms in total. The third kappa shape index (κ3) is 2.74. The van der Waals surface area contributed by atoms with Gasteiger partial charge in [-0.3, -0.25) is 0 Å². The van der Waals surface area contributed by atoms with Crippen LogP contribution in [0.1, 0.15) is 36.5 Å². The van der Waals surface area contributed by atoms with Crippen molar-refractivity contribution in [3.63, 3.8) is 0 Å². The first-order valence-electron chi connectivity index (χ1n) is 7.82. The predicted molar refractivity (Wildman–Crippen MR) is 92.5 cm³/mol. The lowest BCUT2D eigenvalue weighted by Crippen LogP contribution is -1.97. The summed E-state index contributed by atoms with van der Waals surface area (Å²) in [5.74, 6) is 1.48. The van der Waals surface area contributed by atoms with Crippen LogP contribution in [0.2, 0.25) is 0 Å². The molecule has 22 heavy (non-hydrogen) atoms. The fourth-order valence-corrected chi connectivity index (χ4v) is 2.89. The van der Waals surface area contributed by atoms with E-state index in [0.717, 1.165) is 5.75 Å². The van der Waals surface area contributed by atoms with Crippen molar-refractivity contribution in [2.45, 2.75) is 33.3 Å². The Morgan fingerprint density at radius 1 is 1.09 bits per heavy atom. The van der Waals surface area contributed by atoms with Crippen LogP contribution in [0.15, 0.2) is 48.7 Å². The van der Waals surface area contributed by atoms with E-state index < -0.39 is 0 Å². The minimum atomic E-state index is 0.508. The Labute approximate surface area is 132 Å². The van der Waals surface area contributed by atoms with E-state index in [-0.39, 0.29) is 0 Å². The number of aromatic nitrogens is 1. The molecule has 3 rings (SSSR count). The van der Waals surface area contributed by atoms with Crippen molar-refractivity contribution < 1.29 is 4.74 Å². The number of hydrogen-bond acceptors (Lipinski definition) is 1. The van der Waals surface area contributed by atoms with E-state index in [1.54, 1.807) is 0 Å². The molecule has 0 atom stereocenters. The van der Waals surface area contributed by atoms with Gasteiger partial charge in [0.15, 0.2) is 0 Å². The van der Waals surface area contributed by atoms with Gasteiger partial charge in [-0.05, 0) is 41.7 Å². The second-order valence-corrected chi connectivity index (χ2v) is 6.26. The van der Waals surface area contributed by atoms with Crippen molar-refractivity contribution in [1.82, 2.24) is 4.57 Å². The maximum atomic E-state index is 6.07. The first-order chi connectivity index (χ1) is 10.6. The Kier molecular flexibility index (Phi) is 3.93. The molecule has 1 aromatic heterocycles. The summed E-state index contributed by atoms with van der Waals surface area (Å²) in [6.45, 7) is 7.19. The number of hydrogen-bond donors (Lipinski definition) is 0. The van der Waals surface area contributed by atoms with E-state index in [1.165, 1.54) is 27.6 Å². The van der Waals surface area contributed by atoms with Gasteiger partial charge < -0.3 is 9.30 Å². The lowest BCUT2D eigenvalue weighted by atomic mass is 10.0. The molecule has 0 bridgehead atoms. The van der Waals surface area contributed by atoms with E-state index in [0.29, 0.717) is 12.5 Å². The Balaban J connectivity index is 1.96. The minimum Gasteiger partial charge on any atom is -0.489 e. The molecule has 0 aliphatic carbocycles. The van der Waals surface area contributed by atoms with Gasteiger partial charge in [-0.1, -0.05) is 44.2 Å². The Morgan fingerprint density at radius 3 is 2.50 bits per heavy atom. The zero-order valence-corrected chi connectivity index (χ0v) is 13.8. The summed E-state index contributed by atoms with van der Waals surface area (Å²) in [5, 5.41) is 1.30. The maximum Gasteiger partial charge on any atom is 0.123 e. The van der Waals surface area contributed by atoms with Gasteiger partial charge >= 0.3 is 0 Å². The molecule has 0 radical (unpaired) electrons. The van der Waals surface area contributed by atoms with Crippen LogP contribution in [0.3, 0.4) is 0 Å².